The van der Waals surface area contributed by atoms with Crippen LogP contribution in [-0.4, -0.2) is 30.5 Å². The molecule has 8 heteroatoms. The average molecular weight is 407 g/mol. The van der Waals surface area contributed by atoms with Crippen molar-refractivity contribution in [1.29, 1.82) is 0 Å². The number of benzene rings is 1. The monoisotopic (exact) mass is 406 g/mol. The number of aromatic nitrogens is 5. The quantitative estimate of drug-likeness (QED) is 0.527. The van der Waals surface area contributed by atoms with Crippen LogP contribution < -0.4 is 5.32 Å². The van der Waals surface area contributed by atoms with Gasteiger partial charge in [-0.2, -0.15) is 10.2 Å². The maximum atomic E-state index is 12.9. The summed E-state index contributed by atoms with van der Waals surface area (Å²) >= 11 is 1.49. The molecule has 1 aromatic carbocycles. The van der Waals surface area contributed by atoms with Crippen molar-refractivity contribution in [2.75, 3.05) is 5.32 Å². The summed E-state index contributed by atoms with van der Waals surface area (Å²) in [5.74, 6) is -0.222. The Balaban J connectivity index is 1.53. The predicted octanol–water partition coefficient (Wildman–Crippen LogP) is 3.91. The van der Waals surface area contributed by atoms with E-state index < -0.39 is 0 Å². The van der Waals surface area contributed by atoms with E-state index in [0.29, 0.717) is 22.9 Å². The van der Waals surface area contributed by atoms with Gasteiger partial charge in [0.2, 0.25) is 0 Å². The smallest absolute Gasteiger partial charge is 0.261 e. The van der Waals surface area contributed by atoms with E-state index in [0.717, 1.165) is 16.9 Å². The van der Waals surface area contributed by atoms with E-state index in [1.54, 1.807) is 21.8 Å². The fourth-order valence-corrected chi connectivity index (χ4v) is 3.98. The number of amides is 1. The maximum absolute atomic E-state index is 12.9. The van der Waals surface area contributed by atoms with Gasteiger partial charge < -0.3 is 0 Å². The minimum absolute atomic E-state index is 0.222. The zero-order valence-corrected chi connectivity index (χ0v) is 17.4. The number of rotatable bonds is 6. The van der Waals surface area contributed by atoms with E-state index in [-0.39, 0.29) is 5.91 Å². The Morgan fingerprint density at radius 3 is 2.83 bits per heavy atom. The summed E-state index contributed by atoms with van der Waals surface area (Å²) in [6, 6.07) is 8.40. The van der Waals surface area contributed by atoms with E-state index in [1.807, 2.05) is 26.4 Å². The highest BCUT2D eigenvalue weighted by molar-refractivity contribution is 7.15. The molecule has 0 aliphatic rings. The van der Waals surface area contributed by atoms with Crippen LogP contribution in [0.3, 0.4) is 0 Å². The van der Waals surface area contributed by atoms with Crippen LogP contribution in [0.15, 0.2) is 49.1 Å². The number of aryl methyl sites for hydroxylation is 3. The van der Waals surface area contributed by atoms with Crippen LogP contribution >= 0.6 is 11.3 Å². The van der Waals surface area contributed by atoms with Gasteiger partial charge in [0.15, 0.2) is 5.13 Å². The lowest BCUT2D eigenvalue weighted by atomic mass is 10.1. The zero-order chi connectivity index (χ0) is 20.4. The molecule has 3 aromatic heterocycles. The van der Waals surface area contributed by atoms with Crippen LogP contribution in [0, 0.1) is 6.92 Å². The molecule has 4 aromatic rings. The second-order valence-corrected chi connectivity index (χ2v) is 8.02. The zero-order valence-electron chi connectivity index (χ0n) is 16.6. The van der Waals surface area contributed by atoms with Crippen LogP contribution in [0.5, 0.6) is 0 Å². The first-order valence-corrected chi connectivity index (χ1v) is 10.2. The molecule has 0 aliphatic heterocycles. The first-order valence-electron chi connectivity index (χ1n) is 9.40. The lowest BCUT2D eigenvalue weighted by Gasteiger charge is -2.01. The molecule has 0 atom stereocenters. The average Bonchev–Trinajstić information content (AvgIpc) is 3.41. The molecule has 7 nitrogen and oxygen atoms in total. The Morgan fingerprint density at radius 1 is 1.24 bits per heavy atom. The van der Waals surface area contributed by atoms with E-state index in [1.165, 1.54) is 22.5 Å². The number of nitrogens with zero attached hydrogens (tertiary/aromatic N) is 5. The van der Waals surface area contributed by atoms with Crippen molar-refractivity contribution in [3.8, 4) is 11.3 Å². The van der Waals surface area contributed by atoms with Gasteiger partial charge in [0.1, 0.15) is 5.69 Å². The van der Waals surface area contributed by atoms with Crippen LogP contribution in [0.25, 0.3) is 11.3 Å². The van der Waals surface area contributed by atoms with Crippen molar-refractivity contribution < 1.29 is 4.79 Å². The number of anilines is 1. The Kier molecular flexibility index (Phi) is 5.26. The fraction of sp³-hybridized carbons (Fsp3) is 0.238. The van der Waals surface area contributed by atoms with Gasteiger partial charge in [-0.05, 0) is 19.4 Å². The van der Waals surface area contributed by atoms with Crippen molar-refractivity contribution in [1.82, 2.24) is 24.5 Å². The molecule has 0 saturated carbocycles. The Morgan fingerprint density at radius 2 is 2.10 bits per heavy atom. The standard InChI is InChI=1S/C21H22N6OS/c1-4-27-13-18(19(25-27)16-10-23-26(3)12-16)20(28)24-21-22-11-17(29-21)9-15-7-5-6-14(2)8-15/h5-8,10-13H,4,9H2,1-3H3,(H,22,24,28). The summed E-state index contributed by atoms with van der Waals surface area (Å²) < 4.78 is 3.45. The van der Waals surface area contributed by atoms with Gasteiger partial charge in [-0.3, -0.25) is 19.5 Å². The SMILES string of the molecule is CCn1cc(C(=O)Nc2ncc(Cc3cccc(C)c3)s2)c(-c2cnn(C)c2)n1. The molecular formula is C21H22N6OS. The molecule has 3 heterocycles. The van der Waals surface area contributed by atoms with Crippen LogP contribution in [0.1, 0.15) is 33.3 Å². The second kappa shape index (κ2) is 8.00. The molecule has 0 unspecified atom stereocenters. The number of hydrogen-bond acceptors (Lipinski definition) is 5. The highest BCUT2D eigenvalue weighted by Crippen LogP contribution is 2.25. The van der Waals surface area contributed by atoms with Gasteiger partial charge in [0.05, 0.1) is 11.8 Å². The first-order chi connectivity index (χ1) is 14.0. The molecule has 1 amide bonds. The van der Waals surface area contributed by atoms with E-state index in [4.69, 9.17) is 0 Å². The fourth-order valence-electron chi connectivity index (χ4n) is 3.14. The third kappa shape index (κ3) is 4.27. The number of carbonyl (C=O) groups is 1. The Bertz CT molecular complexity index is 1160. The number of carbonyl (C=O) groups excluding carboxylic acids is 1. The molecule has 0 bridgehead atoms. The molecule has 0 saturated heterocycles. The minimum atomic E-state index is -0.222. The van der Waals surface area contributed by atoms with Crippen molar-refractivity contribution >= 4 is 22.4 Å². The molecule has 148 valence electrons. The normalized spacial score (nSPS) is 11.0. The third-order valence-corrected chi connectivity index (χ3v) is 5.46. The topological polar surface area (TPSA) is 77.6 Å². The summed E-state index contributed by atoms with van der Waals surface area (Å²) in [5.41, 5.74) is 4.40. The number of thiazole rings is 1. The van der Waals surface area contributed by atoms with Gasteiger partial charge in [-0.25, -0.2) is 4.98 Å². The Hall–Kier alpha value is -3.26. The minimum Gasteiger partial charge on any atom is -0.298 e. The summed E-state index contributed by atoms with van der Waals surface area (Å²) in [6.45, 7) is 4.75. The summed E-state index contributed by atoms with van der Waals surface area (Å²) in [5, 5.41) is 12.2. The third-order valence-electron chi connectivity index (χ3n) is 4.54. The van der Waals surface area contributed by atoms with E-state index in [2.05, 4.69) is 51.7 Å². The Labute approximate surface area is 173 Å². The van der Waals surface area contributed by atoms with Gasteiger partial charge in [0.25, 0.3) is 5.91 Å². The molecule has 29 heavy (non-hydrogen) atoms. The van der Waals surface area contributed by atoms with Crippen molar-refractivity contribution in [2.45, 2.75) is 26.8 Å². The lowest BCUT2D eigenvalue weighted by Crippen LogP contribution is -2.12. The lowest BCUT2D eigenvalue weighted by molar-refractivity contribution is 0.102. The molecular weight excluding hydrogens is 384 g/mol. The van der Waals surface area contributed by atoms with Crippen molar-refractivity contribution in [2.24, 2.45) is 7.05 Å². The second-order valence-electron chi connectivity index (χ2n) is 6.90. The van der Waals surface area contributed by atoms with E-state index in [9.17, 15) is 4.79 Å². The summed E-state index contributed by atoms with van der Waals surface area (Å²) in [7, 11) is 1.84. The van der Waals surface area contributed by atoms with Crippen molar-refractivity contribution in [3.63, 3.8) is 0 Å². The van der Waals surface area contributed by atoms with Crippen LogP contribution in [-0.2, 0) is 20.0 Å². The first kappa shape index (κ1) is 19.1. The summed E-state index contributed by atoms with van der Waals surface area (Å²) in [4.78, 5) is 18.4. The highest BCUT2D eigenvalue weighted by Gasteiger charge is 2.20. The van der Waals surface area contributed by atoms with Crippen molar-refractivity contribution in [3.05, 3.63) is 70.6 Å². The molecule has 0 spiro atoms. The molecule has 0 fully saturated rings. The molecule has 0 aliphatic carbocycles. The highest BCUT2D eigenvalue weighted by atomic mass is 32.1. The van der Waals surface area contributed by atoms with Gasteiger partial charge in [-0.1, -0.05) is 29.8 Å². The maximum Gasteiger partial charge on any atom is 0.261 e. The largest absolute Gasteiger partial charge is 0.298 e. The van der Waals surface area contributed by atoms with Gasteiger partial charge in [-0.15, -0.1) is 11.3 Å². The van der Waals surface area contributed by atoms with Gasteiger partial charge in [0, 0.05) is 49.0 Å². The molecule has 4 rings (SSSR count). The predicted molar refractivity (Wildman–Crippen MR) is 114 cm³/mol. The van der Waals surface area contributed by atoms with E-state index >= 15 is 0 Å². The number of nitrogens with one attached hydrogen (secondary N) is 1. The van der Waals surface area contributed by atoms with Crippen LogP contribution in [0.2, 0.25) is 0 Å². The summed E-state index contributed by atoms with van der Waals surface area (Å²) in [6.07, 6.45) is 7.94. The van der Waals surface area contributed by atoms with Crippen LogP contribution in [0.4, 0.5) is 5.13 Å². The molecule has 0 radical (unpaired) electrons. The van der Waals surface area contributed by atoms with Gasteiger partial charge >= 0.3 is 0 Å². The number of hydrogen-bond donors (Lipinski definition) is 1. The molecule has 1 N–H and O–H groups in total.